The summed E-state index contributed by atoms with van der Waals surface area (Å²) in [5.41, 5.74) is 6.04. The number of carbonyl (C=O) groups is 1. The first-order chi connectivity index (χ1) is 8.63. The Morgan fingerprint density at radius 1 is 1.39 bits per heavy atom. The standard InChI is InChI=1S/C13H13NO2S2/c1-2-9-11(10(13(15)16)12(14)18-9)17-8-6-4-3-5-7-8/h3-7H,2,14H2,1H3,(H,15,16). The van der Waals surface area contributed by atoms with Crippen LogP contribution < -0.4 is 5.73 Å². The van der Waals surface area contributed by atoms with E-state index in [1.54, 1.807) is 0 Å². The molecule has 3 N–H and O–H groups in total. The Labute approximate surface area is 114 Å². The van der Waals surface area contributed by atoms with Gasteiger partial charge in [0.05, 0.1) is 0 Å². The normalized spacial score (nSPS) is 10.5. The first kappa shape index (κ1) is 13.0. The number of aromatic carboxylic acids is 1. The predicted octanol–water partition coefficient (Wildman–Crippen LogP) is 3.74. The second kappa shape index (κ2) is 5.46. The minimum atomic E-state index is -0.957. The van der Waals surface area contributed by atoms with Gasteiger partial charge in [-0.2, -0.15) is 0 Å². The monoisotopic (exact) mass is 279 g/mol. The summed E-state index contributed by atoms with van der Waals surface area (Å²) in [6, 6.07) is 9.73. The molecule has 94 valence electrons. The molecule has 0 bridgehead atoms. The van der Waals surface area contributed by atoms with E-state index in [-0.39, 0.29) is 5.56 Å². The number of benzene rings is 1. The number of thiophene rings is 1. The molecule has 0 aliphatic carbocycles. The minimum absolute atomic E-state index is 0.241. The van der Waals surface area contributed by atoms with Crippen LogP contribution in [0.15, 0.2) is 40.1 Å². The van der Waals surface area contributed by atoms with Crippen molar-refractivity contribution in [3.63, 3.8) is 0 Å². The van der Waals surface area contributed by atoms with Gasteiger partial charge in [-0.25, -0.2) is 4.79 Å². The predicted molar refractivity (Wildman–Crippen MR) is 75.6 cm³/mol. The second-order valence-corrected chi connectivity index (χ2v) is 5.89. The number of nitrogen functional groups attached to an aromatic ring is 1. The number of rotatable bonds is 4. The molecule has 0 amide bonds. The quantitative estimate of drug-likeness (QED) is 0.895. The molecule has 2 rings (SSSR count). The van der Waals surface area contributed by atoms with Crippen LogP contribution in [0.1, 0.15) is 22.2 Å². The van der Waals surface area contributed by atoms with Gasteiger partial charge < -0.3 is 10.8 Å². The molecule has 1 aromatic heterocycles. The van der Waals surface area contributed by atoms with E-state index in [9.17, 15) is 9.90 Å². The first-order valence-electron chi connectivity index (χ1n) is 5.50. The first-order valence-corrected chi connectivity index (χ1v) is 7.14. The van der Waals surface area contributed by atoms with E-state index in [0.717, 1.165) is 21.1 Å². The molecule has 0 fully saturated rings. The molecule has 5 heteroatoms. The van der Waals surface area contributed by atoms with Gasteiger partial charge in [-0.1, -0.05) is 36.9 Å². The second-order valence-electron chi connectivity index (χ2n) is 3.67. The van der Waals surface area contributed by atoms with Crippen LogP contribution in [0.5, 0.6) is 0 Å². The highest BCUT2D eigenvalue weighted by Crippen LogP contribution is 2.41. The fourth-order valence-electron chi connectivity index (χ4n) is 1.63. The molecule has 0 aliphatic heterocycles. The Balaban J connectivity index is 2.45. The van der Waals surface area contributed by atoms with Crippen LogP contribution >= 0.6 is 23.1 Å². The van der Waals surface area contributed by atoms with Crippen molar-refractivity contribution in [1.29, 1.82) is 0 Å². The average molecular weight is 279 g/mol. The molecular formula is C13H13NO2S2. The van der Waals surface area contributed by atoms with E-state index >= 15 is 0 Å². The summed E-state index contributed by atoms with van der Waals surface area (Å²) in [6.07, 6.45) is 0.789. The van der Waals surface area contributed by atoms with Gasteiger partial charge in [-0.05, 0) is 18.6 Å². The molecule has 0 atom stereocenters. The van der Waals surface area contributed by atoms with Gasteiger partial charge in [0, 0.05) is 14.7 Å². The third-order valence-electron chi connectivity index (χ3n) is 2.46. The van der Waals surface area contributed by atoms with Crippen LogP contribution in [0.3, 0.4) is 0 Å². The summed E-state index contributed by atoms with van der Waals surface area (Å²) in [5, 5.41) is 9.63. The number of hydrogen-bond donors (Lipinski definition) is 2. The molecule has 18 heavy (non-hydrogen) atoms. The van der Waals surface area contributed by atoms with Crippen LogP contribution in [0, 0.1) is 0 Å². The number of nitrogens with two attached hydrogens (primary N) is 1. The molecule has 1 aromatic carbocycles. The zero-order chi connectivity index (χ0) is 13.1. The lowest BCUT2D eigenvalue weighted by Crippen LogP contribution is -2.00. The van der Waals surface area contributed by atoms with E-state index in [1.165, 1.54) is 23.1 Å². The summed E-state index contributed by atoms with van der Waals surface area (Å²) in [6.45, 7) is 2.01. The van der Waals surface area contributed by atoms with Crippen molar-refractivity contribution >= 4 is 34.1 Å². The summed E-state index contributed by atoms with van der Waals surface area (Å²) in [7, 11) is 0. The van der Waals surface area contributed by atoms with E-state index < -0.39 is 5.97 Å². The Morgan fingerprint density at radius 3 is 2.61 bits per heavy atom. The minimum Gasteiger partial charge on any atom is -0.478 e. The van der Waals surface area contributed by atoms with Gasteiger partial charge in [-0.15, -0.1) is 11.3 Å². The van der Waals surface area contributed by atoms with Crippen LogP contribution in [0.4, 0.5) is 5.00 Å². The Bertz CT molecular complexity index is 564. The summed E-state index contributed by atoms with van der Waals surface area (Å²) in [4.78, 5) is 14.1. The van der Waals surface area contributed by atoms with Crippen LogP contribution in [-0.2, 0) is 6.42 Å². The van der Waals surface area contributed by atoms with E-state index in [1.807, 2.05) is 37.3 Å². The molecule has 0 saturated carbocycles. The van der Waals surface area contributed by atoms with Crippen molar-refractivity contribution in [2.24, 2.45) is 0 Å². The molecular weight excluding hydrogens is 266 g/mol. The van der Waals surface area contributed by atoms with Gasteiger partial charge >= 0.3 is 5.97 Å². The van der Waals surface area contributed by atoms with Gasteiger partial charge in [-0.3, -0.25) is 0 Å². The third-order valence-corrected chi connectivity index (χ3v) is 4.91. The average Bonchev–Trinajstić information content (AvgIpc) is 2.67. The van der Waals surface area contributed by atoms with Crippen molar-refractivity contribution < 1.29 is 9.90 Å². The number of aryl methyl sites for hydroxylation is 1. The van der Waals surface area contributed by atoms with Crippen molar-refractivity contribution in [3.8, 4) is 0 Å². The molecule has 0 spiro atoms. The number of hydrogen-bond acceptors (Lipinski definition) is 4. The van der Waals surface area contributed by atoms with Crippen molar-refractivity contribution in [2.75, 3.05) is 5.73 Å². The highest BCUT2D eigenvalue weighted by atomic mass is 32.2. The Hall–Kier alpha value is -1.46. The number of carboxylic acids is 1. The van der Waals surface area contributed by atoms with E-state index in [0.29, 0.717) is 5.00 Å². The maximum atomic E-state index is 11.3. The molecule has 2 aromatic rings. The van der Waals surface area contributed by atoms with Crippen LogP contribution in [0.25, 0.3) is 0 Å². The van der Waals surface area contributed by atoms with Crippen molar-refractivity contribution in [1.82, 2.24) is 0 Å². The van der Waals surface area contributed by atoms with Gasteiger partial charge in [0.15, 0.2) is 0 Å². The van der Waals surface area contributed by atoms with Gasteiger partial charge in [0.25, 0.3) is 0 Å². The molecule has 0 unspecified atom stereocenters. The van der Waals surface area contributed by atoms with E-state index in [2.05, 4.69) is 0 Å². The fourth-order valence-corrected chi connectivity index (χ4v) is 3.93. The third kappa shape index (κ3) is 2.52. The fraction of sp³-hybridized carbons (Fsp3) is 0.154. The summed E-state index contributed by atoms with van der Waals surface area (Å²) in [5.74, 6) is -0.957. The topological polar surface area (TPSA) is 63.3 Å². The van der Waals surface area contributed by atoms with Crippen LogP contribution in [-0.4, -0.2) is 11.1 Å². The zero-order valence-corrected chi connectivity index (χ0v) is 11.5. The number of carboxylic acid groups (broad SMARTS) is 1. The highest BCUT2D eigenvalue weighted by molar-refractivity contribution is 7.99. The van der Waals surface area contributed by atoms with Crippen molar-refractivity contribution in [2.45, 2.75) is 23.1 Å². The summed E-state index contributed by atoms with van der Waals surface area (Å²) < 4.78 is 0. The SMILES string of the molecule is CCc1sc(N)c(C(=O)O)c1Sc1ccccc1. The number of anilines is 1. The van der Waals surface area contributed by atoms with Gasteiger partial charge in [0.1, 0.15) is 10.6 Å². The molecule has 3 nitrogen and oxygen atoms in total. The zero-order valence-electron chi connectivity index (χ0n) is 9.84. The highest BCUT2D eigenvalue weighted by Gasteiger charge is 2.21. The summed E-state index contributed by atoms with van der Waals surface area (Å²) >= 11 is 2.83. The molecule has 0 saturated heterocycles. The van der Waals surface area contributed by atoms with E-state index in [4.69, 9.17) is 5.73 Å². The molecule has 1 heterocycles. The largest absolute Gasteiger partial charge is 0.478 e. The lowest BCUT2D eigenvalue weighted by molar-refractivity contribution is 0.0695. The lowest BCUT2D eigenvalue weighted by Gasteiger charge is -2.04. The smallest absolute Gasteiger partial charge is 0.339 e. The molecule has 0 radical (unpaired) electrons. The Morgan fingerprint density at radius 2 is 2.06 bits per heavy atom. The molecule has 0 aliphatic rings. The Kier molecular flexibility index (Phi) is 3.93. The van der Waals surface area contributed by atoms with Gasteiger partial charge in [0.2, 0.25) is 0 Å². The van der Waals surface area contributed by atoms with Crippen molar-refractivity contribution in [3.05, 3.63) is 40.8 Å². The maximum Gasteiger partial charge on any atom is 0.339 e. The maximum absolute atomic E-state index is 11.3. The van der Waals surface area contributed by atoms with Crippen LogP contribution in [0.2, 0.25) is 0 Å². The lowest BCUT2D eigenvalue weighted by atomic mass is 10.2.